The summed E-state index contributed by atoms with van der Waals surface area (Å²) in [6, 6.07) is 7.80. The molecule has 3 nitrogen and oxygen atoms in total. The first kappa shape index (κ1) is 7.88. The van der Waals surface area contributed by atoms with Gasteiger partial charge in [0.2, 0.25) is 0 Å². The first-order valence-electron chi connectivity index (χ1n) is 4.64. The van der Waals surface area contributed by atoms with E-state index in [0.29, 0.717) is 6.61 Å². The van der Waals surface area contributed by atoms with Crippen LogP contribution in [0.5, 0.6) is 5.75 Å². The predicted octanol–water partition coefficient (Wildman–Crippen LogP) is 2.21. The molecule has 0 N–H and O–H groups in total. The molecule has 0 spiro atoms. The SMILES string of the molecule is c1cc(OCC2CO2)c2occc2c1. The minimum Gasteiger partial charge on any atom is -0.487 e. The van der Waals surface area contributed by atoms with Gasteiger partial charge in [0.25, 0.3) is 0 Å². The van der Waals surface area contributed by atoms with Crippen molar-refractivity contribution >= 4 is 11.0 Å². The smallest absolute Gasteiger partial charge is 0.175 e. The first-order chi connectivity index (χ1) is 6.93. The van der Waals surface area contributed by atoms with Gasteiger partial charge in [0, 0.05) is 5.39 Å². The molecule has 3 heteroatoms. The predicted molar refractivity (Wildman–Crippen MR) is 51.4 cm³/mol. The summed E-state index contributed by atoms with van der Waals surface area (Å²) >= 11 is 0. The van der Waals surface area contributed by atoms with E-state index >= 15 is 0 Å². The zero-order valence-corrected chi connectivity index (χ0v) is 7.60. The molecule has 1 aliphatic rings. The average molecular weight is 190 g/mol. The second kappa shape index (κ2) is 3.03. The van der Waals surface area contributed by atoms with Crippen LogP contribution in [0.2, 0.25) is 0 Å². The van der Waals surface area contributed by atoms with Gasteiger partial charge in [-0.2, -0.15) is 0 Å². The van der Waals surface area contributed by atoms with Crippen molar-refractivity contribution in [2.75, 3.05) is 13.2 Å². The third-order valence-electron chi connectivity index (χ3n) is 2.27. The van der Waals surface area contributed by atoms with Crippen LogP contribution in [0.25, 0.3) is 11.0 Å². The molecule has 0 saturated carbocycles. The van der Waals surface area contributed by atoms with Crippen LogP contribution in [0, 0.1) is 0 Å². The maximum absolute atomic E-state index is 5.58. The fourth-order valence-corrected chi connectivity index (χ4v) is 1.43. The number of benzene rings is 1. The zero-order valence-electron chi connectivity index (χ0n) is 7.60. The monoisotopic (exact) mass is 190 g/mol. The number of hydrogen-bond donors (Lipinski definition) is 0. The Balaban J connectivity index is 1.89. The Morgan fingerprint density at radius 2 is 2.29 bits per heavy atom. The van der Waals surface area contributed by atoms with Gasteiger partial charge >= 0.3 is 0 Å². The Hall–Kier alpha value is -1.48. The summed E-state index contributed by atoms with van der Waals surface area (Å²) in [6.07, 6.45) is 1.95. The number of epoxide rings is 1. The van der Waals surface area contributed by atoms with E-state index in [1.807, 2.05) is 24.3 Å². The van der Waals surface area contributed by atoms with Crippen molar-refractivity contribution in [2.24, 2.45) is 0 Å². The molecule has 0 radical (unpaired) electrons. The van der Waals surface area contributed by atoms with E-state index in [1.54, 1.807) is 6.26 Å². The van der Waals surface area contributed by atoms with Gasteiger partial charge in [-0.3, -0.25) is 0 Å². The van der Waals surface area contributed by atoms with Gasteiger partial charge in [0.05, 0.1) is 12.9 Å². The van der Waals surface area contributed by atoms with Gasteiger partial charge < -0.3 is 13.9 Å². The molecule has 0 bridgehead atoms. The molecular formula is C11H10O3. The Labute approximate surface area is 81.2 Å². The van der Waals surface area contributed by atoms with Gasteiger partial charge in [0.15, 0.2) is 11.3 Å². The number of para-hydroxylation sites is 1. The van der Waals surface area contributed by atoms with E-state index in [2.05, 4.69) is 0 Å². The molecule has 1 atom stereocenters. The molecule has 1 aromatic carbocycles. The molecular weight excluding hydrogens is 180 g/mol. The molecule has 2 aromatic rings. The van der Waals surface area contributed by atoms with Crippen LogP contribution in [-0.2, 0) is 4.74 Å². The van der Waals surface area contributed by atoms with Crippen molar-refractivity contribution in [3.63, 3.8) is 0 Å². The zero-order chi connectivity index (χ0) is 9.38. The van der Waals surface area contributed by atoms with E-state index in [4.69, 9.17) is 13.9 Å². The maximum Gasteiger partial charge on any atom is 0.175 e. The third kappa shape index (κ3) is 1.36. The molecule has 1 saturated heterocycles. The fourth-order valence-electron chi connectivity index (χ4n) is 1.43. The van der Waals surface area contributed by atoms with Crippen molar-refractivity contribution < 1.29 is 13.9 Å². The summed E-state index contributed by atoms with van der Waals surface area (Å²) in [7, 11) is 0. The van der Waals surface area contributed by atoms with Crippen LogP contribution < -0.4 is 4.74 Å². The van der Waals surface area contributed by atoms with E-state index in [1.165, 1.54) is 0 Å². The molecule has 1 aliphatic heterocycles. The molecule has 0 amide bonds. The molecule has 3 rings (SSSR count). The van der Waals surface area contributed by atoms with Gasteiger partial charge in [-0.1, -0.05) is 12.1 Å². The highest BCUT2D eigenvalue weighted by Gasteiger charge is 2.23. The largest absolute Gasteiger partial charge is 0.487 e. The minimum absolute atomic E-state index is 0.278. The summed E-state index contributed by atoms with van der Waals surface area (Å²) in [4.78, 5) is 0. The normalized spacial score (nSPS) is 19.9. The number of hydrogen-bond acceptors (Lipinski definition) is 3. The Bertz CT molecular complexity index is 442. The lowest BCUT2D eigenvalue weighted by atomic mass is 10.2. The fraction of sp³-hybridized carbons (Fsp3) is 0.273. The Morgan fingerprint density at radius 1 is 1.36 bits per heavy atom. The third-order valence-corrected chi connectivity index (χ3v) is 2.27. The van der Waals surface area contributed by atoms with Crippen molar-refractivity contribution in [3.8, 4) is 5.75 Å². The summed E-state index contributed by atoms with van der Waals surface area (Å²) in [5.74, 6) is 0.794. The summed E-state index contributed by atoms with van der Waals surface area (Å²) in [5, 5.41) is 1.07. The highest BCUT2D eigenvalue weighted by Crippen LogP contribution is 2.26. The van der Waals surface area contributed by atoms with Crippen LogP contribution in [-0.4, -0.2) is 19.3 Å². The van der Waals surface area contributed by atoms with Crippen molar-refractivity contribution in [3.05, 3.63) is 30.5 Å². The molecule has 1 fully saturated rings. The highest BCUT2D eigenvalue weighted by atomic mass is 16.6. The van der Waals surface area contributed by atoms with E-state index in [0.717, 1.165) is 23.3 Å². The highest BCUT2D eigenvalue weighted by molar-refractivity contribution is 5.82. The van der Waals surface area contributed by atoms with Crippen molar-refractivity contribution in [2.45, 2.75) is 6.10 Å². The molecule has 14 heavy (non-hydrogen) atoms. The minimum atomic E-state index is 0.278. The van der Waals surface area contributed by atoms with Crippen LogP contribution in [0.1, 0.15) is 0 Å². The molecule has 1 aromatic heterocycles. The lowest BCUT2D eigenvalue weighted by Gasteiger charge is -2.03. The average Bonchev–Trinajstić information content (AvgIpc) is 2.91. The van der Waals surface area contributed by atoms with Crippen LogP contribution in [0.4, 0.5) is 0 Å². The van der Waals surface area contributed by atoms with E-state index in [9.17, 15) is 0 Å². The summed E-state index contributed by atoms with van der Waals surface area (Å²) in [5.41, 5.74) is 0.813. The quantitative estimate of drug-likeness (QED) is 0.696. The van der Waals surface area contributed by atoms with Gasteiger partial charge in [0.1, 0.15) is 12.7 Å². The molecule has 0 aliphatic carbocycles. The Kier molecular flexibility index (Phi) is 1.70. The van der Waals surface area contributed by atoms with Gasteiger partial charge in [-0.25, -0.2) is 0 Å². The van der Waals surface area contributed by atoms with E-state index < -0.39 is 0 Å². The standard InChI is InChI=1S/C11H10O3/c1-2-8-4-5-12-11(8)10(3-1)14-7-9-6-13-9/h1-5,9H,6-7H2. The lowest BCUT2D eigenvalue weighted by molar-refractivity contribution is 0.263. The topological polar surface area (TPSA) is 34.9 Å². The maximum atomic E-state index is 5.58. The number of rotatable bonds is 3. The number of ether oxygens (including phenoxy) is 2. The van der Waals surface area contributed by atoms with Crippen molar-refractivity contribution in [1.82, 2.24) is 0 Å². The van der Waals surface area contributed by atoms with Gasteiger partial charge in [-0.05, 0) is 12.1 Å². The summed E-state index contributed by atoms with van der Waals surface area (Å²) < 4.78 is 16.0. The van der Waals surface area contributed by atoms with Crippen LogP contribution in [0.3, 0.4) is 0 Å². The second-order valence-corrected chi connectivity index (χ2v) is 3.36. The van der Waals surface area contributed by atoms with Gasteiger partial charge in [-0.15, -0.1) is 0 Å². The number of furan rings is 1. The van der Waals surface area contributed by atoms with Crippen molar-refractivity contribution in [1.29, 1.82) is 0 Å². The van der Waals surface area contributed by atoms with E-state index in [-0.39, 0.29) is 6.10 Å². The molecule has 2 heterocycles. The van der Waals surface area contributed by atoms with Crippen LogP contribution in [0.15, 0.2) is 34.9 Å². The summed E-state index contributed by atoms with van der Waals surface area (Å²) in [6.45, 7) is 1.42. The lowest BCUT2D eigenvalue weighted by Crippen LogP contribution is -2.03. The first-order valence-corrected chi connectivity index (χ1v) is 4.64. The molecule has 1 unspecified atom stereocenters. The second-order valence-electron chi connectivity index (χ2n) is 3.36. The Morgan fingerprint density at radius 3 is 3.14 bits per heavy atom. The number of fused-ring (bicyclic) bond motifs is 1. The van der Waals surface area contributed by atoms with Crippen LogP contribution >= 0.6 is 0 Å². The molecule has 72 valence electrons.